The standard InChI is InChI=1S/C15H10F3NO/c16-13(10-6-2-1-3-7-10)15(17,18)14-19-11-8-4-5-9-12(11)20-14/h1-9,13H. The third kappa shape index (κ3) is 2.05. The number of para-hydroxylation sites is 2. The average molecular weight is 277 g/mol. The summed E-state index contributed by atoms with van der Waals surface area (Å²) in [5.41, 5.74) is 0.379. The van der Waals surface area contributed by atoms with Gasteiger partial charge in [-0.1, -0.05) is 42.5 Å². The highest BCUT2D eigenvalue weighted by Gasteiger charge is 2.47. The first-order chi connectivity index (χ1) is 9.59. The second-order valence-electron chi connectivity index (χ2n) is 4.38. The Bertz CT molecular complexity index is 691. The van der Waals surface area contributed by atoms with Crippen molar-refractivity contribution in [3.05, 3.63) is 66.1 Å². The highest BCUT2D eigenvalue weighted by atomic mass is 19.3. The minimum absolute atomic E-state index is 0.111. The molecule has 0 aliphatic heterocycles. The molecule has 0 aliphatic carbocycles. The molecule has 0 bridgehead atoms. The molecule has 2 aromatic carbocycles. The summed E-state index contributed by atoms with van der Waals surface area (Å²) < 4.78 is 47.3. The smallest absolute Gasteiger partial charge is 0.356 e. The molecule has 1 heterocycles. The zero-order chi connectivity index (χ0) is 14.2. The van der Waals surface area contributed by atoms with Crippen LogP contribution >= 0.6 is 0 Å². The van der Waals surface area contributed by atoms with E-state index >= 15 is 0 Å². The Balaban J connectivity index is 2.02. The van der Waals surface area contributed by atoms with Crippen LogP contribution in [-0.2, 0) is 5.92 Å². The van der Waals surface area contributed by atoms with Gasteiger partial charge in [0.15, 0.2) is 11.8 Å². The molecule has 3 rings (SSSR count). The molecule has 0 fully saturated rings. The highest BCUT2D eigenvalue weighted by Crippen LogP contribution is 2.43. The van der Waals surface area contributed by atoms with E-state index in [4.69, 9.17) is 4.42 Å². The third-order valence-electron chi connectivity index (χ3n) is 2.99. The lowest BCUT2D eigenvalue weighted by Crippen LogP contribution is -2.21. The Morgan fingerprint density at radius 1 is 0.950 bits per heavy atom. The molecule has 5 heteroatoms. The molecule has 0 spiro atoms. The van der Waals surface area contributed by atoms with E-state index < -0.39 is 18.0 Å². The number of benzene rings is 2. The number of hydrogen-bond acceptors (Lipinski definition) is 2. The lowest BCUT2D eigenvalue weighted by atomic mass is 10.1. The van der Waals surface area contributed by atoms with E-state index in [1.54, 1.807) is 18.2 Å². The summed E-state index contributed by atoms with van der Waals surface area (Å²) in [7, 11) is 0. The number of alkyl halides is 3. The number of aromatic nitrogens is 1. The Morgan fingerprint density at radius 3 is 2.30 bits per heavy atom. The largest absolute Gasteiger partial charge is 0.435 e. The number of oxazole rings is 1. The van der Waals surface area contributed by atoms with Gasteiger partial charge in [0.1, 0.15) is 5.52 Å². The van der Waals surface area contributed by atoms with Crippen LogP contribution in [0.2, 0.25) is 0 Å². The Labute approximate surface area is 112 Å². The van der Waals surface area contributed by atoms with Crippen molar-refractivity contribution >= 4 is 11.1 Å². The van der Waals surface area contributed by atoms with Crippen LogP contribution in [0.5, 0.6) is 0 Å². The molecule has 3 aromatic rings. The summed E-state index contributed by atoms with van der Waals surface area (Å²) in [5, 5.41) is 0. The van der Waals surface area contributed by atoms with Gasteiger partial charge in [-0.3, -0.25) is 0 Å². The van der Waals surface area contributed by atoms with E-state index in [0.717, 1.165) is 0 Å². The van der Waals surface area contributed by atoms with E-state index in [0.29, 0.717) is 0 Å². The third-order valence-corrected chi connectivity index (χ3v) is 2.99. The van der Waals surface area contributed by atoms with Crippen LogP contribution in [0.4, 0.5) is 13.2 Å². The van der Waals surface area contributed by atoms with Gasteiger partial charge < -0.3 is 4.42 Å². The normalized spacial score (nSPS) is 13.6. The van der Waals surface area contributed by atoms with Gasteiger partial charge in [0, 0.05) is 0 Å². The van der Waals surface area contributed by atoms with Crippen molar-refractivity contribution in [2.24, 2.45) is 0 Å². The maximum Gasteiger partial charge on any atom is 0.356 e. The fourth-order valence-corrected chi connectivity index (χ4v) is 1.95. The Kier molecular flexibility index (Phi) is 2.97. The van der Waals surface area contributed by atoms with Gasteiger partial charge in [-0.15, -0.1) is 0 Å². The lowest BCUT2D eigenvalue weighted by molar-refractivity contribution is -0.100. The zero-order valence-corrected chi connectivity index (χ0v) is 10.3. The van der Waals surface area contributed by atoms with Crippen molar-refractivity contribution < 1.29 is 17.6 Å². The molecule has 20 heavy (non-hydrogen) atoms. The monoisotopic (exact) mass is 277 g/mol. The fourth-order valence-electron chi connectivity index (χ4n) is 1.95. The summed E-state index contributed by atoms with van der Waals surface area (Å²) in [5.74, 6) is -4.73. The quantitative estimate of drug-likeness (QED) is 0.697. The maximum absolute atomic E-state index is 14.1. The van der Waals surface area contributed by atoms with E-state index in [2.05, 4.69) is 4.98 Å². The Hall–Kier alpha value is -2.30. The SMILES string of the molecule is FC(c1ccccc1)C(F)(F)c1nc2ccccc2o1. The molecule has 2 nitrogen and oxygen atoms in total. The molecule has 1 unspecified atom stereocenters. The molecule has 0 aliphatic rings. The number of halogens is 3. The molecular weight excluding hydrogens is 267 g/mol. The Morgan fingerprint density at radius 2 is 1.60 bits per heavy atom. The first kappa shape index (κ1) is 12.7. The van der Waals surface area contributed by atoms with Crippen molar-refractivity contribution in [3.8, 4) is 0 Å². The van der Waals surface area contributed by atoms with Gasteiger partial charge in [-0.2, -0.15) is 8.78 Å². The molecule has 0 saturated carbocycles. The number of rotatable bonds is 3. The lowest BCUT2D eigenvalue weighted by Gasteiger charge is -2.17. The molecule has 0 saturated heterocycles. The van der Waals surface area contributed by atoms with Crippen LogP contribution in [0.1, 0.15) is 17.6 Å². The van der Waals surface area contributed by atoms with Crippen LogP contribution in [0.25, 0.3) is 11.1 Å². The molecule has 1 atom stereocenters. The van der Waals surface area contributed by atoms with E-state index in [1.165, 1.54) is 36.4 Å². The predicted octanol–water partition coefficient (Wildman–Crippen LogP) is 4.63. The molecule has 0 radical (unpaired) electrons. The van der Waals surface area contributed by atoms with E-state index in [9.17, 15) is 13.2 Å². The van der Waals surface area contributed by atoms with Crippen molar-refractivity contribution in [1.29, 1.82) is 0 Å². The topological polar surface area (TPSA) is 26.0 Å². The van der Waals surface area contributed by atoms with Crippen molar-refractivity contribution in [3.63, 3.8) is 0 Å². The summed E-state index contributed by atoms with van der Waals surface area (Å²) in [6, 6.07) is 13.6. The van der Waals surface area contributed by atoms with Crippen molar-refractivity contribution in [2.75, 3.05) is 0 Å². The van der Waals surface area contributed by atoms with Gasteiger partial charge in [0.2, 0.25) is 0 Å². The molecule has 102 valence electrons. The first-order valence-corrected chi connectivity index (χ1v) is 6.02. The predicted molar refractivity (Wildman–Crippen MR) is 68.2 cm³/mol. The van der Waals surface area contributed by atoms with Gasteiger partial charge in [0.25, 0.3) is 5.89 Å². The average Bonchev–Trinajstić information content (AvgIpc) is 2.92. The summed E-state index contributed by atoms with van der Waals surface area (Å²) in [6.07, 6.45) is -2.50. The van der Waals surface area contributed by atoms with E-state index in [1.807, 2.05) is 0 Å². The van der Waals surface area contributed by atoms with Crippen LogP contribution in [0.15, 0.2) is 59.0 Å². The second kappa shape index (κ2) is 4.67. The van der Waals surface area contributed by atoms with Crippen LogP contribution in [0, 0.1) is 0 Å². The molecular formula is C15H10F3NO. The number of nitrogens with zero attached hydrogens (tertiary/aromatic N) is 1. The molecule has 0 N–H and O–H groups in total. The van der Waals surface area contributed by atoms with Crippen LogP contribution < -0.4 is 0 Å². The van der Waals surface area contributed by atoms with E-state index in [-0.39, 0.29) is 16.7 Å². The van der Waals surface area contributed by atoms with Gasteiger partial charge in [0.05, 0.1) is 0 Å². The second-order valence-corrected chi connectivity index (χ2v) is 4.38. The van der Waals surface area contributed by atoms with Crippen molar-refractivity contribution in [1.82, 2.24) is 4.98 Å². The molecule has 1 aromatic heterocycles. The fraction of sp³-hybridized carbons (Fsp3) is 0.133. The van der Waals surface area contributed by atoms with Gasteiger partial charge in [-0.25, -0.2) is 9.37 Å². The van der Waals surface area contributed by atoms with Gasteiger partial charge >= 0.3 is 5.92 Å². The minimum Gasteiger partial charge on any atom is -0.435 e. The first-order valence-electron chi connectivity index (χ1n) is 6.02. The number of fused-ring (bicyclic) bond motifs is 1. The molecule has 0 amide bonds. The number of hydrogen-bond donors (Lipinski definition) is 0. The van der Waals surface area contributed by atoms with Gasteiger partial charge in [-0.05, 0) is 17.7 Å². The van der Waals surface area contributed by atoms with Crippen LogP contribution in [-0.4, -0.2) is 4.98 Å². The summed E-state index contributed by atoms with van der Waals surface area (Å²) in [6.45, 7) is 0. The van der Waals surface area contributed by atoms with Crippen LogP contribution in [0.3, 0.4) is 0 Å². The highest BCUT2D eigenvalue weighted by molar-refractivity contribution is 5.72. The zero-order valence-electron chi connectivity index (χ0n) is 10.3. The summed E-state index contributed by atoms with van der Waals surface area (Å²) in [4.78, 5) is 3.67. The van der Waals surface area contributed by atoms with Crippen molar-refractivity contribution in [2.45, 2.75) is 12.1 Å². The maximum atomic E-state index is 14.1. The minimum atomic E-state index is -3.82. The summed E-state index contributed by atoms with van der Waals surface area (Å²) >= 11 is 0.